The molecule has 0 saturated heterocycles. The summed E-state index contributed by atoms with van der Waals surface area (Å²) in [6.07, 6.45) is 0. The van der Waals surface area contributed by atoms with E-state index in [0.717, 1.165) is 10.5 Å². The lowest BCUT2D eigenvalue weighted by molar-refractivity contribution is 0.0696. The molecule has 0 spiro atoms. The van der Waals surface area contributed by atoms with Crippen molar-refractivity contribution in [1.29, 1.82) is 0 Å². The number of carboxylic acid groups (broad SMARTS) is 1. The molecule has 2 aromatic rings. The molecule has 0 atom stereocenters. The number of hydrogen-bond donors (Lipinski definition) is 1. The molecular formula is C14H11FO2S. The topological polar surface area (TPSA) is 37.3 Å². The molecule has 0 aliphatic carbocycles. The van der Waals surface area contributed by atoms with Gasteiger partial charge in [0.15, 0.2) is 0 Å². The van der Waals surface area contributed by atoms with E-state index in [2.05, 4.69) is 0 Å². The Morgan fingerprint density at radius 1 is 1.17 bits per heavy atom. The van der Waals surface area contributed by atoms with Gasteiger partial charge in [-0.2, -0.15) is 0 Å². The number of hydrogen-bond acceptors (Lipinski definition) is 2. The lowest BCUT2D eigenvalue weighted by atomic mass is 10.1. The first-order valence-electron chi connectivity index (χ1n) is 5.36. The number of thioether (sulfide) groups is 1. The standard InChI is InChI=1S/C14H11FO2S/c15-11-5-3-6-12(8-11)18-9-10-4-1-2-7-13(10)14(16)17/h1-8H,9H2,(H,16,17). The first-order chi connectivity index (χ1) is 8.66. The number of rotatable bonds is 4. The van der Waals surface area contributed by atoms with Gasteiger partial charge in [-0.3, -0.25) is 0 Å². The molecule has 0 aromatic heterocycles. The summed E-state index contributed by atoms with van der Waals surface area (Å²) < 4.78 is 13.0. The Kier molecular flexibility index (Phi) is 3.99. The highest BCUT2D eigenvalue weighted by atomic mass is 32.2. The van der Waals surface area contributed by atoms with Gasteiger partial charge in [-0.25, -0.2) is 9.18 Å². The summed E-state index contributed by atoms with van der Waals surface area (Å²) in [6.45, 7) is 0. The summed E-state index contributed by atoms with van der Waals surface area (Å²) in [5.74, 6) is -0.719. The maximum atomic E-state index is 13.0. The largest absolute Gasteiger partial charge is 0.478 e. The van der Waals surface area contributed by atoms with Crippen molar-refractivity contribution in [2.75, 3.05) is 0 Å². The van der Waals surface area contributed by atoms with Gasteiger partial charge >= 0.3 is 5.97 Å². The monoisotopic (exact) mass is 262 g/mol. The Labute approximate surface area is 108 Å². The molecule has 0 unspecified atom stereocenters. The number of benzene rings is 2. The zero-order valence-electron chi connectivity index (χ0n) is 9.47. The first kappa shape index (κ1) is 12.6. The fraction of sp³-hybridized carbons (Fsp3) is 0.0714. The van der Waals surface area contributed by atoms with Crippen molar-refractivity contribution < 1.29 is 14.3 Å². The van der Waals surface area contributed by atoms with Crippen molar-refractivity contribution in [3.8, 4) is 0 Å². The minimum atomic E-state index is -0.939. The Morgan fingerprint density at radius 2 is 1.94 bits per heavy atom. The van der Waals surface area contributed by atoms with Crippen LogP contribution in [0.25, 0.3) is 0 Å². The molecule has 0 saturated carbocycles. The van der Waals surface area contributed by atoms with Crippen LogP contribution in [0.1, 0.15) is 15.9 Å². The minimum Gasteiger partial charge on any atom is -0.478 e. The molecule has 92 valence electrons. The van der Waals surface area contributed by atoms with Crippen LogP contribution in [0, 0.1) is 5.82 Å². The fourth-order valence-corrected chi connectivity index (χ4v) is 2.52. The Morgan fingerprint density at radius 3 is 2.67 bits per heavy atom. The van der Waals surface area contributed by atoms with Gasteiger partial charge in [-0.15, -0.1) is 11.8 Å². The molecule has 0 aliphatic rings. The second-order valence-corrected chi connectivity index (χ2v) is 4.76. The molecule has 18 heavy (non-hydrogen) atoms. The van der Waals surface area contributed by atoms with E-state index in [1.807, 2.05) is 0 Å². The van der Waals surface area contributed by atoms with Crippen molar-refractivity contribution >= 4 is 17.7 Å². The van der Waals surface area contributed by atoms with Crippen LogP contribution in [0.3, 0.4) is 0 Å². The molecule has 0 aliphatic heterocycles. The van der Waals surface area contributed by atoms with Crippen LogP contribution < -0.4 is 0 Å². The van der Waals surface area contributed by atoms with Gasteiger partial charge in [0.25, 0.3) is 0 Å². The van der Waals surface area contributed by atoms with Crippen molar-refractivity contribution in [2.45, 2.75) is 10.6 Å². The predicted octanol–water partition coefficient (Wildman–Crippen LogP) is 3.82. The summed E-state index contributed by atoms with van der Waals surface area (Å²) in [5.41, 5.74) is 1.03. The Hall–Kier alpha value is -1.81. The van der Waals surface area contributed by atoms with E-state index in [0.29, 0.717) is 11.3 Å². The predicted molar refractivity (Wildman–Crippen MR) is 69.4 cm³/mol. The minimum absolute atomic E-state index is 0.286. The highest BCUT2D eigenvalue weighted by Gasteiger charge is 2.09. The summed E-state index contributed by atoms with van der Waals surface area (Å²) >= 11 is 1.42. The maximum Gasteiger partial charge on any atom is 0.335 e. The third-order valence-electron chi connectivity index (χ3n) is 2.44. The highest BCUT2D eigenvalue weighted by Crippen LogP contribution is 2.24. The Balaban J connectivity index is 2.13. The van der Waals surface area contributed by atoms with E-state index in [-0.39, 0.29) is 5.82 Å². The first-order valence-corrected chi connectivity index (χ1v) is 6.35. The molecule has 0 heterocycles. The van der Waals surface area contributed by atoms with Crippen LogP contribution >= 0.6 is 11.8 Å². The second kappa shape index (κ2) is 5.69. The number of halogens is 1. The van der Waals surface area contributed by atoms with E-state index in [4.69, 9.17) is 5.11 Å². The van der Waals surface area contributed by atoms with Crippen molar-refractivity contribution in [3.63, 3.8) is 0 Å². The second-order valence-electron chi connectivity index (χ2n) is 3.71. The number of aromatic carboxylic acids is 1. The maximum absolute atomic E-state index is 13.0. The number of carboxylic acids is 1. The molecule has 0 bridgehead atoms. The molecule has 0 fully saturated rings. The van der Waals surface area contributed by atoms with Gasteiger partial charge in [0.05, 0.1) is 5.56 Å². The van der Waals surface area contributed by atoms with Crippen LogP contribution in [0.5, 0.6) is 0 Å². The van der Waals surface area contributed by atoms with Gasteiger partial charge in [0.1, 0.15) is 5.82 Å². The molecule has 2 rings (SSSR count). The van der Waals surface area contributed by atoms with E-state index in [1.165, 1.54) is 23.9 Å². The highest BCUT2D eigenvalue weighted by molar-refractivity contribution is 7.98. The Bertz CT molecular complexity index is 569. The third kappa shape index (κ3) is 3.11. The van der Waals surface area contributed by atoms with Gasteiger partial charge in [0, 0.05) is 10.6 Å². The summed E-state index contributed by atoms with van der Waals surface area (Å²) in [6, 6.07) is 13.1. The molecule has 0 amide bonds. The molecule has 1 N–H and O–H groups in total. The zero-order chi connectivity index (χ0) is 13.0. The van der Waals surface area contributed by atoms with E-state index in [9.17, 15) is 9.18 Å². The average molecular weight is 262 g/mol. The zero-order valence-corrected chi connectivity index (χ0v) is 10.3. The van der Waals surface area contributed by atoms with Gasteiger partial charge in [-0.1, -0.05) is 24.3 Å². The van der Waals surface area contributed by atoms with Crippen molar-refractivity contribution in [1.82, 2.24) is 0 Å². The van der Waals surface area contributed by atoms with Gasteiger partial charge in [0.2, 0.25) is 0 Å². The van der Waals surface area contributed by atoms with Gasteiger partial charge < -0.3 is 5.11 Å². The molecular weight excluding hydrogens is 251 g/mol. The van der Waals surface area contributed by atoms with E-state index < -0.39 is 5.97 Å². The lowest BCUT2D eigenvalue weighted by Gasteiger charge is -2.05. The molecule has 2 nitrogen and oxygen atoms in total. The summed E-state index contributed by atoms with van der Waals surface area (Å²) in [4.78, 5) is 11.8. The fourth-order valence-electron chi connectivity index (χ4n) is 1.57. The summed E-state index contributed by atoms with van der Waals surface area (Å²) in [5, 5.41) is 9.04. The van der Waals surface area contributed by atoms with Crippen LogP contribution in [0.4, 0.5) is 4.39 Å². The average Bonchev–Trinajstić information content (AvgIpc) is 2.37. The quantitative estimate of drug-likeness (QED) is 0.851. The normalized spacial score (nSPS) is 10.3. The van der Waals surface area contributed by atoms with E-state index >= 15 is 0 Å². The smallest absolute Gasteiger partial charge is 0.335 e. The third-order valence-corrected chi connectivity index (χ3v) is 3.48. The molecule has 2 aromatic carbocycles. The van der Waals surface area contributed by atoms with Crippen molar-refractivity contribution in [3.05, 3.63) is 65.5 Å². The van der Waals surface area contributed by atoms with Crippen LogP contribution in [0.2, 0.25) is 0 Å². The SMILES string of the molecule is O=C(O)c1ccccc1CSc1cccc(F)c1. The van der Waals surface area contributed by atoms with Crippen molar-refractivity contribution in [2.24, 2.45) is 0 Å². The molecule has 4 heteroatoms. The number of carbonyl (C=O) groups is 1. The van der Waals surface area contributed by atoms with Crippen LogP contribution in [-0.2, 0) is 5.75 Å². The molecule has 0 radical (unpaired) electrons. The summed E-state index contributed by atoms with van der Waals surface area (Å²) in [7, 11) is 0. The van der Waals surface area contributed by atoms with Crippen LogP contribution in [0.15, 0.2) is 53.4 Å². The van der Waals surface area contributed by atoms with Gasteiger partial charge in [-0.05, 0) is 29.8 Å². The lowest BCUT2D eigenvalue weighted by Crippen LogP contribution is -2.00. The van der Waals surface area contributed by atoms with E-state index in [1.54, 1.807) is 36.4 Å². The van der Waals surface area contributed by atoms with Crippen LogP contribution in [-0.4, -0.2) is 11.1 Å².